The van der Waals surface area contributed by atoms with Crippen molar-refractivity contribution in [2.24, 2.45) is 4.99 Å². The highest BCUT2D eigenvalue weighted by molar-refractivity contribution is 5.79. The molecule has 0 aromatic heterocycles. The normalized spacial score (nSPS) is 11.2. The Balaban J connectivity index is 2.34. The van der Waals surface area contributed by atoms with E-state index in [1.54, 1.807) is 21.3 Å². The van der Waals surface area contributed by atoms with Gasteiger partial charge >= 0.3 is 0 Å². The van der Waals surface area contributed by atoms with Crippen molar-refractivity contribution in [1.82, 2.24) is 10.6 Å². The fourth-order valence-corrected chi connectivity index (χ4v) is 2.34. The maximum absolute atomic E-state index is 5.33. The maximum Gasteiger partial charge on any atom is 0.190 e. The van der Waals surface area contributed by atoms with Gasteiger partial charge in [0.2, 0.25) is 0 Å². The molecule has 1 aromatic rings. The summed E-state index contributed by atoms with van der Waals surface area (Å²) < 4.78 is 10.6. The van der Waals surface area contributed by atoms with Gasteiger partial charge in [-0.25, -0.2) is 0 Å². The summed E-state index contributed by atoms with van der Waals surface area (Å²) in [5.41, 5.74) is 1.20. The van der Waals surface area contributed by atoms with Gasteiger partial charge in [0.05, 0.1) is 14.2 Å². The predicted octanol–water partition coefficient (Wildman–Crippen LogP) is 2.99. The van der Waals surface area contributed by atoms with Crippen LogP contribution in [0, 0.1) is 0 Å². The number of hydrogen-bond donors (Lipinski definition) is 2. The van der Waals surface area contributed by atoms with E-state index in [9.17, 15) is 0 Å². The second-order valence-corrected chi connectivity index (χ2v) is 5.43. The zero-order valence-electron chi connectivity index (χ0n) is 14.9. The van der Waals surface area contributed by atoms with Crippen LogP contribution in [-0.2, 0) is 6.42 Å². The molecule has 0 amide bonds. The molecular weight excluding hydrogens is 290 g/mol. The summed E-state index contributed by atoms with van der Waals surface area (Å²) in [7, 11) is 5.11. The maximum atomic E-state index is 5.33. The van der Waals surface area contributed by atoms with Gasteiger partial charge in [0.25, 0.3) is 0 Å². The van der Waals surface area contributed by atoms with Crippen LogP contribution in [0.25, 0.3) is 0 Å². The SMILES string of the molecule is CCCCCCNC(=NC)NCCc1ccc(OC)c(OC)c1. The minimum absolute atomic E-state index is 0.758. The zero-order chi connectivity index (χ0) is 16.9. The molecule has 0 saturated carbocycles. The molecule has 2 N–H and O–H groups in total. The Hall–Kier alpha value is -1.91. The summed E-state index contributed by atoms with van der Waals surface area (Å²) in [5.74, 6) is 2.39. The van der Waals surface area contributed by atoms with E-state index in [0.29, 0.717) is 0 Å². The van der Waals surface area contributed by atoms with Crippen LogP contribution in [0.2, 0.25) is 0 Å². The monoisotopic (exact) mass is 321 g/mol. The molecule has 1 aromatic carbocycles. The van der Waals surface area contributed by atoms with Crippen LogP contribution >= 0.6 is 0 Å². The van der Waals surface area contributed by atoms with Crippen LogP contribution in [0.3, 0.4) is 0 Å². The molecule has 5 nitrogen and oxygen atoms in total. The lowest BCUT2D eigenvalue weighted by atomic mass is 10.1. The molecule has 0 spiro atoms. The summed E-state index contributed by atoms with van der Waals surface area (Å²) >= 11 is 0. The number of guanidine groups is 1. The first-order chi connectivity index (χ1) is 11.2. The van der Waals surface area contributed by atoms with Gasteiger partial charge in [0.1, 0.15) is 0 Å². The summed E-state index contributed by atoms with van der Waals surface area (Å²) in [5, 5.41) is 6.69. The van der Waals surface area contributed by atoms with Crippen molar-refractivity contribution in [3.63, 3.8) is 0 Å². The molecule has 0 unspecified atom stereocenters. The first-order valence-electron chi connectivity index (χ1n) is 8.40. The van der Waals surface area contributed by atoms with E-state index < -0.39 is 0 Å². The standard InChI is InChI=1S/C18H31N3O2/c1-5-6-7-8-12-20-18(19-2)21-13-11-15-9-10-16(22-3)17(14-15)23-4/h9-10,14H,5-8,11-13H2,1-4H3,(H2,19,20,21). The first kappa shape index (κ1) is 19.1. The van der Waals surface area contributed by atoms with E-state index in [0.717, 1.165) is 37.0 Å². The molecule has 130 valence electrons. The Morgan fingerprint density at radius 1 is 1.00 bits per heavy atom. The van der Waals surface area contributed by atoms with E-state index in [1.807, 2.05) is 12.1 Å². The van der Waals surface area contributed by atoms with Crippen LogP contribution in [0.15, 0.2) is 23.2 Å². The van der Waals surface area contributed by atoms with Crippen molar-refractivity contribution in [1.29, 1.82) is 0 Å². The third kappa shape index (κ3) is 7.26. The van der Waals surface area contributed by atoms with E-state index in [4.69, 9.17) is 9.47 Å². The van der Waals surface area contributed by atoms with Gasteiger partial charge in [-0.3, -0.25) is 4.99 Å². The lowest BCUT2D eigenvalue weighted by Gasteiger charge is -2.13. The average Bonchev–Trinajstić information content (AvgIpc) is 2.59. The third-order valence-electron chi connectivity index (χ3n) is 3.70. The van der Waals surface area contributed by atoms with Gasteiger partial charge in [0, 0.05) is 20.1 Å². The topological polar surface area (TPSA) is 54.9 Å². The van der Waals surface area contributed by atoms with Gasteiger partial charge < -0.3 is 20.1 Å². The van der Waals surface area contributed by atoms with Crippen molar-refractivity contribution in [3.05, 3.63) is 23.8 Å². The zero-order valence-corrected chi connectivity index (χ0v) is 14.9. The Bertz CT molecular complexity index is 475. The largest absolute Gasteiger partial charge is 0.493 e. The highest BCUT2D eigenvalue weighted by atomic mass is 16.5. The minimum Gasteiger partial charge on any atom is -0.493 e. The number of rotatable bonds is 10. The molecular formula is C18H31N3O2. The number of hydrogen-bond acceptors (Lipinski definition) is 3. The smallest absolute Gasteiger partial charge is 0.190 e. The molecule has 0 atom stereocenters. The molecule has 1 rings (SSSR count). The Kier molecular flexibility index (Phi) is 9.68. The fourth-order valence-electron chi connectivity index (χ4n) is 2.34. The van der Waals surface area contributed by atoms with Crippen molar-refractivity contribution in [3.8, 4) is 11.5 Å². The number of nitrogens with one attached hydrogen (secondary N) is 2. The molecule has 0 aliphatic rings. The molecule has 0 radical (unpaired) electrons. The molecule has 0 fully saturated rings. The highest BCUT2D eigenvalue weighted by Gasteiger charge is 2.04. The predicted molar refractivity (Wildman–Crippen MR) is 96.8 cm³/mol. The van der Waals surface area contributed by atoms with Gasteiger partial charge in [0.15, 0.2) is 17.5 Å². The van der Waals surface area contributed by atoms with Crippen LogP contribution in [0.4, 0.5) is 0 Å². The van der Waals surface area contributed by atoms with E-state index in [1.165, 1.54) is 31.2 Å². The fraction of sp³-hybridized carbons (Fsp3) is 0.611. The number of ether oxygens (including phenoxy) is 2. The Morgan fingerprint density at radius 2 is 1.74 bits per heavy atom. The van der Waals surface area contributed by atoms with Crippen molar-refractivity contribution >= 4 is 5.96 Å². The number of unbranched alkanes of at least 4 members (excludes halogenated alkanes) is 3. The number of aliphatic imine (C=N–C) groups is 1. The van der Waals surface area contributed by atoms with Gasteiger partial charge in [-0.15, -0.1) is 0 Å². The average molecular weight is 321 g/mol. The van der Waals surface area contributed by atoms with Gasteiger partial charge in [-0.1, -0.05) is 32.3 Å². The molecule has 0 heterocycles. The molecule has 5 heteroatoms. The lowest BCUT2D eigenvalue weighted by molar-refractivity contribution is 0.354. The van der Waals surface area contributed by atoms with E-state index in [2.05, 4.69) is 28.6 Å². The minimum atomic E-state index is 0.758. The van der Waals surface area contributed by atoms with E-state index in [-0.39, 0.29) is 0 Å². The van der Waals surface area contributed by atoms with Crippen LogP contribution < -0.4 is 20.1 Å². The highest BCUT2D eigenvalue weighted by Crippen LogP contribution is 2.27. The number of nitrogens with zero attached hydrogens (tertiary/aromatic N) is 1. The Labute approximate surface area is 140 Å². The third-order valence-corrected chi connectivity index (χ3v) is 3.70. The lowest BCUT2D eigenvalue weighted by Crippen LogP contribution is -2.38. The van der Waals surface area contributed by atoms with Gasteiger partial charge in [-0.05, 0) is 30.5 Å². The second-order valence-electron chi connectivity index (χ2n) is 5.43. The summed E-state index contributed by atoms with van der Waals surface area (Å²) in [6, 6.07) is 6.01. The molecule has 0 aliphatic carbocycles. The van der Waals surface area contributed by atoms with Crippen molar-refractivity contribution in [2.75, 3.05) is 34.4 Å². The first-order valence-corrected chi connectivity index (χ1v) is 8.40. The number of benzene rings is 1. The summed E-state index contributed by atoms with van der Waals surface area (Å²) in [6.45, 7) is 4.02. The quantitative estimate of drug-likeness (QED) is 0.395. The Morgan fingerprint density at radius 3 is 2.39 bits per heavy atom. The summed E-state index contributed by atoms with van der Waals surface area (Å²) in [4.78, 5) is 4.25. The van der Waals surface area contributed by atoms with Crippen LogP contribution in [0.5, 0.6) is 11.5 Å². The van der Waals surface area contributed by atoms with Gasteiger partial charge in [-0.2, -0.15) is 0 Å². The summed E-state index contributed by atoms with van der Waals surface area (Å²) in [6.07, 6.45) is 5.92. The molecule has 23 heavy (non-hydrogen) atoms. The molecule has 0 saturated heterocycles. The van der Waals surface area contributed by atoms with Crippen molar-refractivity contribution in [2.45, 2.75) is 39.0 Å². The van der Waals surface area contributed by atoms with E-state index >= 15 is 0 Å². The van der Waals surface area contributed by atoms with Crippen molar-refractivity contribution < 1.29 is 9.47 Å². The second kappa shape index (κ2) is 11.6. The number of methoxy groups -OCH3 is 2. The van der Waals surface area contributed by atoms with Crippen LogP contribution in [-0.4, -0.2) is 40.3 Å². The molecule has 0 bridgehead atoms. The molecule has 0 aliphatic heterocycles. The van der Waals surface area contributed by atoms with Crippen LogP contribution in [0.1, 0.15) is 38.2 Å².